The molecule has 0 radical (unpaired) electrons. The molecule has 0 bridgehead atoms. The van der Waals surface area contributed by atoms with Gasteiger partial charge in [-0.2, -0.15) is 0 Å². The number of nitrogens with one attached hydrogen (secondary N) is 1. The molecule has 6 nitrogen and oxygen atoms in total. The van der Waals surface area contributed by atoms with Crippen LogP contribution < -0.4 is 5.32 Å². The lowest BCUT2D eigenvalue weighted by Gasteiger charge is -2.09. The Morgan fingerprint density at radius 2 is 2.11 bits per heavy atom. The Morgan fingerprint density at radius 1 is 1.19 bits per heavy atom. The normalized spacial score (nSPS) is 12.9. The summed E-state index contributed by atoms with van der Waals surface area (Å²) < 4.78 is 7.07. The van der Waals surface area contributed by atoms with E-state index in [2.05, 4.69) is 15.3 Å². The Bertz CT molecular complexity index is 1200. The van der Waals surface area contributed by atoms with E-state index in [-0.39, 0.29) is 5.91 Å². The molecule has 0 saturated heterocycles. The zero-order valence-corrected chi connectivity index (χ0v) is 14.6. The van der Waals surface area contributed by atoms with E-state index in [0.717, 1.165) is 39.1 Å². The standard InChI is InChI=1S/C21H16N4O2/c1-25-12-23-18-5-3-13(8-19(18)25)21(26)24-16-4-2-14-10-22-20(17(14)9-16)15-6-7-27-11-15/h2-9,11-12H,10H2,1H3,(H,24,26). The SMILES string of the molecule is Cn1cnc2ccc(C(=O)Nc3ccc4c(c3)C(c3ccoc3)=NC4)cc21. The third-order valence-electron chi connectivity index (χ3n) is 4.81. The smallest absolute Gasteiger partial charge is 0.255 e. The minimum Gasteiger partial charge on any atom is -0.472 e. The van der Waals surface area contributed by atoms with E-state index in [9.17, 15) is 4.79 Å². The van der Waals surface area contributed by atoms with Crippen molar-refractivity contribution in [3.8, 4) is 0 Å². The van der Waals surface area contributed by atoms with Crippen LogP contribution in [0.1, 0.15) is 27.0 Å². The van der Waals surface area contributed by atoms with Crippen molar-refractivity contribution in [3.63, 3.8) is 0 Å². The van der Waals surface area contributed by atoms with E-state index in [0.29, 0.717) is 12.1 Å². The van der Waals surface area contributed by atoms with Gasteiger partial charge in [-0.1, -0.05) is 6.07 Å². The third-order valence-corrected chi connectivity index (χ3v) is 4.81. The van der Waals surface area contributed by atoms with Gasteiger partial charge in [-0.3, -0.25) is 9.79 Å². The molecule has 0 fully saturated rings. The number of carbonyl (C=O) groups is 1. The number of aromatic nitrogens is 2. The number of furan rings is 1. The highest BCUT2D eigenvalue weighted by molar-refractivity contribution is 6.16. The minimum absolute atomic E-state index is 0.155. The van der Waals surface area contributed by atoms with Gasteiger partial charge in [0.15, 0.2) is 0 Å². The molecule has 1 aliphatic heterocycles. The molecule has 132 valence electrons. The molecule has 0 atom stereocenters. The molecule has 0 spiro atoms. The number of fused-ring (bicyclic) bond motifs is 2. The van der Waals surface area contributed by atoms with E-state index in [1.165, 1.54) is 0 Å². The second-order valence-corrected chi connectivity index (χ2v) is 6.56. The fourth-order valence-corrected chi connectivity index (χ4v) is 3.38. The molecule has 4 aromatic rings. The molecule has 1 aliphatic rings. The Kier molecular flexibility index (Phi) is 3.43. The summed E-state index contributed by atoms with van der Waals surface area (Å²) in [7, 11) is 1.91. The maximum absolute atomic E-state index is 12.7. The zero-order valence-electron chi connectivity index (χ0n) is 14.6. The summed E-state index contributed by atoms with van der Waals surface area (Å²) in [5, 5.41) is 2.98. The number of aryl methyl sites for hydroxylation is 1. The van der Waals surface area contributed by atoms with Gasteiger partial charge in [-0.15, -0.1) is 0 Å². The summed E-state index contributed by atoms with van der Waals surface area (Å²) in [5.41, 5.74) is 7.12. The maximum Gasteiger partial charge on any atom is 0.255 e. The highest BCUT2D eigenvalue weighted by Crippen LogP contribution is 2.26. The first-order chi connectivity index (χ1) is 13.2. The van der Waals surface area contributed by atoms with Crippen LogP contribution in [0, 0.1) is 0 Å². The molecule has 27 heavy (non-hydrogen) atoms. The van der Waals surface area contributed by atoms with Crippen molar-refractivity contribution >= 4 is 28.3 Å². The second kappa shape index (κ2) is 5.95. The van der Waals surface area contributed by atoms with E-state index in [4.69, 9.17) is 4.42 Å². The van der Waals surface area contributed by atoms with Crippen molar-refractivity contribution in [1.29, 1.82) is 0 Å². The third kappa shape index (κ3) is 2.62. The van der Waals surface area contributed by atoms with Gasteiger partial charge < -0.3 is 14.3 Å². The summed E-state index contributed by atoms with van der Waals surface area (Å²) >= 11 is 0. The molecule has 3 heterocycles. The summed E-state index contributed by atoms with van der Waals surface area (Å²) in [6, 6.07) is 13.3. The van der Waals surface area contributed by atoms with Gasteiger partial charge in [0.25, 0.3) is 5.91 Å². The zero-order chi connectivity index (χ0) is 18.4. The molecule has 2 aromatic heterocycles. The van der Waals surface area contributed by atoms with Crippen molar-refractivity contribution in [3.05, 3.63) is 83.6 Å². The number of imidazole rings is 1. The molecule has 0 aliphatic carbocycles. The van der Waals surface area contributed by atoms with E-state index in [1.54, 1.807) is 24.9 Å². The van der Waals surface area contributed by atoms with Gasteiger partial charge in [-0.05, 0) is 42.0 Å². The highest BCUT2D eigenvalue weighted by Gasteiger charge is 2.19. The molecule has 0 unspecified atom stereocenters. The lowest BCUT2D eigenvalue weighted by molar-refractivity contribution is 0.102. The lowest BCUT2D eigenvalue weighted by atomic mass is 10.0. The Hall–Kier alpha value is -3.67. The molecule has 1 N–H and O–H groups in total. The van der Waals surface area contributed by atoms with Gasteiger partial charge in [0.1, 0.15) is 0 Å². The van der Waals surface area contributed by atoms with Crippen LogP contribution in [0.4, 0.5) is 5.69 Å². The number of benzene rings is 2. The second-order valence-electron chi connectivity index (χ2n) is 6.56. The van der Waals surface area contributed by atoms with Crippen LogP contribution in [0.3, 0.4) is 0 Å². The predicted octanol–water partition coefficient (Wildman–Crippen LogP) is 3.77. The van der Waals surface area contributed by atoms with Crippen molar-refractivity contribution in [2.45, 2.75) is 6.54 Å². The monoisotopic (exact) mass is 356 g/mol. The largest absolute Gasteiger partial charge is 0.472 e. The van der Waals surface area contributed by atoms with E-state index < -0.39 is 0 Å². The summed E-state index contributed by atoms with van der Waals surface area (Å²) in [5.74, 6) is -0.155. The molecule has 5 rings (SSSR count). The summed E-state index contributed by atoms with van der Waals surface area (Å²) in [6.07, 6.45) is 5.06. The average molecular weight is 356 g/mol. The van der Waals surface area contributed by atoms with Crippen LogP contribution in [-0.4, -0.2) is 21.2 Å². The fraction of sp³-hybridized carbons (Fsp3) is 0.0952. The van der Waals surface area contributed by atoms with E-state index in [1.807, 2.05) is 48.0 Å². The molecular formula is C21H16N4O2. The van der Waals surface area contributed by atoms with Crippen LogP contribution in [0.25, 0.3) is 11.0 Å². The van der Waals surface area contributed by atoms with Gasteiger partial charge in [0.05, 0.1) is 42.1 Å². The van der Waals surface area contributed by atoms with Gasteiger partial charge in [0.2, 0.25) is 0 Å². The topological polar surface area (TPSA) is 72.4 Å². The fourth-order valence-electron chi connectivity index (χ4n) is 3.38. The maximum atomic E-state index is 12.7. The minimum atomic E-state index is -0.155. The Labute approximate surface area is 155 Å². The molecular weight excluding hydrogens is 340 g/mol. The molecule has 1 amide bonds. The van der Waals surface area contributed by atoms with Crippen LogP contribution in [-0.2, 0) is 13.6 Å². The predicted molar refractivity (Wildman–Crippen MR) is 103 cm³/mol. The van der Waals surface area contributed by atoms with Crippen molar-refractivity contribution < 1.29 is 9.21 Å². The first-order valence-electron chi connectivity index (χ1n) is 8.62. The van der Waals surface area contributed by atoms with Gasteiger partial charge >= 0.3 is 0 Å². The first kappa shape index (κ1) is 15.6. The number of aliphatic imine (C=N–C) groups is 1. The highest BCUT2D eigenvalue weighted by atomic mass is 16.3. The molecule has 0 saturated carbocycles. The Balaban J connectivity index is 1.44. The van der Waals surface area contributed by atoms with Crippen LogP contribution in [0.15, 0.2) is 70.7 Å². The first-order valence-corrected chi connectivity index (χ1v) is 8.62. The number of hydrogen-bond acceptors (Lipinski definition) is 4. The number of amides is 1. The summed E-state index contributed by atoms with van der Waals surface area (Å²) in [6.45, 7) is 0.640. The van der Waals surface area contributed by atoms with Crippen LogP contribution >= 0.6 is 0 Å². The molecule has 6 heteroatoms. The quantitative estimate of drug-likeness (QED) is 0.607. The van der Waals surface area contributed by atoms with Gasteiger partial charge in [-0.25, -0.2) is 4.98 Å². The van der Waals surface area contributed by atoms with Crippen LogP contribution in [0.2, 0.25) is 0 Å². The lowest BCUT2D eigenvalue weighted by Crippen LogP contribution is -2.12. The van der Waals surface area contributed by atoms with Crippen molar-refractivity contribution in [1.82, 2.24) is 9.55 Å². The van der Waals surface area contributed by atoms with Crippen molar-refractivity contribution in [2.75, 3.05) is 5.32 Å². The van der Waals surface area contributed by atoms with E-state index >= 15 is 0 Å². The van der Waals surface area contributed by atoms with Gasteiger partial charge in [0, 0.05) is 29.4 Å². The Morgan fingerprint density at radius 3 is 2.96 bits per heavy atom. The number of carbonyl (C=O) groups excluding carboxylic acids is 1. The summed E-state index contributed by atoms with van der Waals surface area (Å²) in [4.78, 5) is 21.6. The number of nitrogens with zero attached hydrogens (tertiary/aromatic N) is 3. The number of rotatable bonds is 3. The number of anilines is 1. The van der Waals surface area contributed by atoms with Crippen molar-refractivity contribution in [2.24, 2.45) is 12.0 Å². The average Bonchev–Trinajstić information content (AvgIpc) is 3.41. The number of hydrogen-bond donors (Lipinski definition) is 1. The van der Waals surface area contributed by atoms with Crippen LogP contribution in [0.5, 0.6) is 0 Å². The molecule has 2 aromatic carbocycles.